The SMILES string of the molecule is [Na+].[O-]c1cc(-c2cnc(OC3CC(COc4ccc(F)cc4)C3)cn2)on1. The van der Waals surface area contributed by atoms with Gasteiger partial charge in [0, 0.05) is 11.9 Å². The van der Waals surface area contributed by atoms with Crippen LogP contribution < -0.4 is 44.1 Å². The molecule has 1 saturated carbocycles. The Morgan fingerprint density at radius 2 is 1.93 bits per heavy atom. The first-order valence-electron chi connectivity index (χ1n) is 8.17. The van der Waals surface area contributed by atoms with Crippen LogP contribution in [0.5, 0.6) is 17.5 Å². The van der Waals surface area contributed by atoms with Gasteiger partial charge in [-0.25, -0.2) is 14.4 Å². The molecule has 134 valence electrons. The van der Waals surface area contributed by atoms with Gasteiger partial charge >= 0.3 is 29.6 Å². The van der Waals surface area contributed by atoms with Gasteiger partial charge in [0.2, 0.25) is 5.88 Å². The van der Waals surface area contributed by atoms with Gasteiger partial charge in [-0.3, -0.25) is 0 Å². The van der Waals surface area contributed by atoms with E-state index in [1.54, 1.807) is 12.1 Å². The molecule has 2 aromatic heterocycles. The number of rotatable bonds is 6. The molecule has 0 bridgehead atoms. The standard InChI is InChI=1S/C18H16FN3O4.Na/c19-12-1-3-13(4-2-12)24-10-11-5-14(6-11)25-18-9-20-15(8-21-18)16-7-17(23)22-26-16;/h1-4,7-9,11,14H,5-6,10H2,(H,22,23);/q;+1/p-1. The van der Waals surface area contributed by atoms with Crippen LogP contribution in [0.25, 0.3) is 11.5 Å². The minimum absolute atomic E-state index is 0. The summed E-state index contributed by atoms with van der Waals surface area (Å²) < 4.78 is 29.1. The van der Waals surface area contributed by atoms with Crippen LogP contribution >= 0.6 is 0 Å². The van der Waals surface area contributed by atoms with E-state index in [4.69, 9.17) is 14.0 Å². The molecule has 0 N–H and O–H groups in total. The van der Waals surface area contributed by atoms with Crippen molar-refractivity contribution in [3.8, 4) is 29.0 Å². The van der Waals surface area contributed by atoms with Gasteiger partial charge in [0.05, 0.1) is 19.0 Å². The Hall–Kier alpha value is -2.16. The van der Waals surface area contributed by atoms with Gasteiger partial charge in [-0.1, -0.05) is 5.16 Å². The molecular formula is C18H15FN3NaO4. The molecule has 0 unspecified atom stereocenters. The number of benzene rings is 1. The van der Waals surface area contributed by atoms with E-state index >= 15 is 0 Å². The third-order valence-electron chi connectivity index (χ3n) is 4.15. The van der Waals surface area contributed by atoms with Crippen molar-refractivity contribution in [1.29, 1.82) is 0 Å². The van der Waals surface area contributed by atoms with Crippen LogP contribution in [0.3, 0.4) is 0 Å². The normalized spacial score (nSPS) is 18.3. The first-order valence-corrected chi connectivity index (χ1v) is 8.17. The smallest absolute Gasteiger partial charge is 0.856 e. The molecule has 4 rings (SSSR count). The number of halogens is 1. The maximum Gasteiger partial charge on any atom is 1.00 e. The molecule has 7 nitrogen and oxygen atoms in total. The predicted octanol–water partition coefficient (Wildman–Crippen LogP) is -0.415. The first kappa shape index (κ1) is 19.6. The monoisotopic (exact) mass is 379 g/mol. The van der Waals surface area contributed by atoms with E-state index in [1.807, 2.05) is 0 Å². The molecular weight excluding hydrogens is 364 g/mol. The third kappa shape index (κ3) is 4.97. The zero-order valence-electron chi connectivity index (χ0n) is 14.7. The maximum atomic E-state index is 12.8. The van der Waals surface area contributed by atoms with Gasteiger partial charge in [0.1, 0.15) is 23.4 Å². The summed E-state index contributed by atoms with van der Waals surface area (Å²) in [5, 5.41) is 14.3. The van der Waals surface area contributed by atoms with Crippen LogP contribution in [-0.2, 0) is 0 Å². The Morgan fingerprint density at radius 1 is 1.15 bits per heavy atom. The van der Waals surface area contributed by atoms with Crippen LogP contribution in [0.2, 0.25) is 0 Å². The van der Waals surface area contributed by atoms with E-state index in [0.29, 0.717) is 29.8 Å². The van der Waals surface area contributed by atoms with Gasteiger partial charge in [-0.2, -0.15) is 0 Å². The van der Waals surface area contributed by atoms with Crippen molar-refractivity contribution in [3.05, 3.63) is 48.5 Å². The van der Waals surface area contributed by atoms with Crippen molar-refractivity contribution < 1.29 is 53.1 Å². The fraction of sp³-hybridized carbons (Fsp3) is 0.278. The average Bonchev–Trinajstić information content (AvgIpc) is 3.05. The Balaban J connectivity index is 0.00000210. The molecule has 1 fully saturated rings. The molecule has 9 heteroatoms. The van der Waals surface area contributed by atoms with E-state index in [1.165, 1.54) is 30.6 Å². The Labute approximate surface area is 176 Å². The predicted molar refractivity (Wildman–Crippen MR) is 86.0 cm³/mol. The van der Waals surface area contributed by atoms with Crippen molar-refractivity contribution >= 4 is 0 Å². The van der Waals surface area contributed by atoms with Gasteiger partial charge in [0.25, 0.3) is 0 Å². The summed E-state index contributed by atoms with van der Waals surface area (Å²) >= 11 is 0. The summed E-state index contributed by atoms with van der Waals surface area (Å²) in [6.07, 6.45) is 4.74. The average molecular weight is 379 g/mol. The number of aromatic nitrogens is 3. The molecule has 0 aliphatic heterocycles. The fourth-order valence-corrected chi connectivity index (χ4v) is 2.71. The molecule has 3 aromatic rings. The summed E-state index contributed by atoms with van der Waals surface area (Å²) in [5.41, 5.74) is 0.422. The van der Waals surface area contributed by atoms with Gasteiger partial charge < -0.3 is 19.1 Å². The zero-order valence-corrected chi connectivity index (χ0v) is 16.7. The zero-order chi connectivity index (χ0) is 17.9. The van der Waals surface area contributed by atoms with E-state index < -0.39 is 5.88 Å². The van der Waals surface area contributed by atoms with Crippen molar-refractivity contribution in [1.82, 2.24) is 15.1 Å². The molecule has 0 saturated heterocycles. The molecule has 0 amide bonds. The van der Waals surface area contributed by atoms with Crippen LogP contribution in [0.15, 0.2) is 47.2 Å². The van der Waals surface area contributed by atoms with Gasteiger partial charge in [0.15, 0.2) is 5.76 Å². The first-order chi connectivity index (χ1) is 12.7. The van der Waals surface area contributed by atoms with Crippen LogP contribution in [0.4, 0.5) is 4.39 Å². The van der Waals surface area contributed by atoms with Gasteiger partial charge in [-0.05, 0) is 43.0 Å². The molecule has 0 atom stereocenters. The van der Waals surface area contributed by atoms with Crippen LogP contribution in [0.1, 0.15) is 12.8 Å². The Bertz CT molecular complexity index is 867. The van der Waals surface area contributed by atoms with Crippen molar-refractivity contribution in [2.45, 2.75) is 18.9 Å². The second kappa shape index (κ2) is 8.69. The minimum Gasteiger partial charge on any atom is -0.856 e. The van der Waals surface area contributed by atoms with Crippen molar-refractivity contribution in [2.24, 2.45) is 5.92 Å². The summed E-state index contributed by atoms with van der Waals surface area (Å²) in [4.78, 5) is 8.33. The molecule has 0 radical (unpaired) electrons. The largest absolute Gasteiger partial charge is 1.00 e. The summed E-state index contributed by atoms with van der Waals surface area (Å²) in [5.74, 6) is 1.01. The maximum absolute atomic E-state index is 12.8. The summed E-state index contributed by atoms with van der Waals surface area (Å²) in [6, 6.07) is 7.23. The second-order valence-corrected chi connectivity index (χ2v) is 6.11. The van der Waals surface area contributed by atoms with Crippen LogP contribution in [-0.4, -0.2) is 27.8 Å². The van der Waals surface area contributed by atoms with E-state index in [-0.39, 0.29) is 47.2 Å². The molecule has 1 aliphatic carbocycles. The summed E-state index contributed by atoms with van der Waals surface area (Å²) in [6.45, 7) is 0.569. The topological polar surface area (TPSA) is 93.3 Å². The van der Waals surface area contributed by atoms with Crippen LogP contribution in [0, 0.1) is 11.7 Å². The third-order valence-corrected chi connectivity index (χ3v) is 4.15. The van der Waals surface area contributed by atoms with Crippen molar-refractivity contribution in [3.63, 3.8) is 0 Å². The number of ether oxygens (including phenoxy) is 2. The fourth-order valence-electron chi connectivity index (χ4n) is 2.71. The quantitative estimate of drug-likeness (QED) is 0.537. The van der Waals surface area contributed by atoms with E-state index in [9.17, 15) is 9.50 Å². The second-order valence-electron chi connectivity index (χ2n) is 6.11. The summed E-state index contributed by atoms with van der Waals surface area (Å²) in [7, 11) is 0. The molecule has 0 spiro atoms. The molecule has 2 heterocycles. The Morgan fingerprint density at radius 3 is 2.56 bits per heavy atom. The Kier molecular flexibility index (Phi) is 6.30. The van der Waals surface area contributed by atoms with Crippen molar-refractivity contribution in [2.75, 3.05) is 6.61 Å². The molecule has 27 heavy (non-hydrogen) atoms. The van der Waals surface area contributed by atoms with E-state index in [0.717, 1.165) is 12.8 Å². The van der Waals surface area contributed by atoms with Gasteiger partial charge in [-0.15, -0.1) is 0 Å². The number of hydrogen-bond acceptors (Lipinski definition) is 7. The van der Waals surface area contributed by atoms with E-state index in [2.05, 4.69) is 15.1 Å². The number of hydrogen-bond donors (Lipinski definition) is 0. The molecule has 1 aliphatic rings. The molecule has 1 aromatic carbocycles. The number of nitrogens with zero attached hydrogens (tertiary/aromatic N) is 3. The minimum atomic E-state index is -0.453.